The van der Waals surface area contributed by atoms with Crippen LogP contribution in [0.4, 0.5) is 4.39 Å². The minimum absolute atomic E-state index is 0.0398. The molecule has 0 aliphatic rings. The first kappa shape index (κ1) is 15.5. The van der Waals surface area contributed by atoms with E-state index in [0.717, 1.165) is 19.4 Å². The van der Waals surface area contributed by atoms with E-state index in [0.29, 0.717) is 10.6 Å². The second kappa shape index (κ2) is 7.21. The standard InChI is InChI=1S/C16H19ClFNS/c1-3-12-6-7-13(20-12)10-16(19-4-2)14-9-11(17)5-8-15(14)18/h5-9,16,19H,3-4,10H2,1-2H3. The van der Waals surface area contributed by atoms with Crippen LogP contribution in [-0.2, 0) is 12.8 Å². The molecule has 0 bridgehead atoms. The summed E-state index contributed by atoms with van der Waals surface area (Å²) in [5.41, 5.74) is 0.644. The van der Waals surface area contributed by atoms with Gasteiger partial charge >= 0.3 is 0 Å². The number of halogens is 2. The van der Waals surface area contributed by atoms with Gasteiger partial charge in [-0.2, -0.15) is 0 Å². The van der Waals surface area contributed by atoms with Crippen LogP contribution in [0.2, 0.25) is 5.02 Å². The Bertz CT molecular complexity index is 567. The number of thiophene rings is 1. The molecule has 1 nitrogen and oxygen atoms in total. The zero-order chi connectivity index (χ0) is 14.5. The third kappa shape index (κ3) is 3.81. The Kier molecular flexibility index (Phi) is 5.58. The minimum Gasteiger partial charge on any atom is -0.310 e. The molecular formula is C16H19ClFNS. The Morgan fingerprint density at radius 3 is 2.60 bits per heavy atom. The van der Waals surface area contributed by atoms with Gasteiger partial charge in [-0.3, -0.25) is 0 Å². The second-order valence-electron chi connectivity index (χ2n) is 4.70. The van der Waals surface area contributed by atoms with Crippen molar-refractivity contribution >= 4 is 22.9 Å². The fourth-order valence-corrected chi connectivity index (χ4v) is 3.43. The average molecular weight is 312 g/mol. The summed E-state index contributed by atoms with van der Waals surface area (Å²) in [6.07, 6.45) is 1.83. The smallest absolute Gasteiger partial charge is 0.128 e. The van der Waals surface area contributed by atoms with Crippen LogP contribution in [0.3, 0.4) is 0 Å². The Morgan fingerprint density at radius 1 is 1.20 bits per heavy atom. The van der Waals surface area contributed by atoms with E-state index >= 15 is 0 Å². The molecule has 108 valence electrons. The zero-order valence-corrected chi connectivity index (χ0v) is 13.3. The predicted molar refractivity (Wildman–Crippen MR) is 85.2 cm³/mol. The van der Waals surface area contributed by atoms with Crippen molar-refractivity contribution in [2.75, 3.05) is 6.54 Å². The molecule has 0 radical (unpaired) electrons. The maximum atomic E-state index is 14.0. The molecule has 1 heterocycles. The SMILES string of the molecule is CCNC(Cc1ccc(CC)s1)c1cc(Cl)ccc1F. The minimum atomic E-state index is -0.201. The van der Waals surface area contributed by atoms with Crippen LogP contribution in [0.5, 0.6) is 0 Å². The van der Waals surface area contributed by atoms with E-state index in [1.54, 1.807) is 23.5 Å². The molecule has 0 spiro atoms. The highest BCUT2D eigenvalue weighted by atomic mass is 35.5. The molecule has 4 heteroatoms. The van der Waals surface area contributed by atoms with Crippen LogP contribution in [0.25, 0.3) is 0 Å². The topological polar surface area (TPSA) is 12.0 Å². The number of hydrogen-bond donors (Lipinski definition) is 1. The molecule has 0 saturated carbocycles. The number of nitrogens with one attached hydrogen (secondary N) is 1. The van der Waals surface area contributed by atoms with Crippen molar-refractivity contribution in [2.45, 2.75) is 32.7 Å². The Balaban J connectivity index is 2.23. The van der Waals surface area contributed by atoms with Crippen LogP contribution >= 0.6 is 22.9 Å². The van der Waals surface area contributed by atoms with E-state index < -0.39 is 0 Å². The Hall–Kier alpha value is -0.900. The van der Waals surface area contributed by atoms with Gasteiger partial charge in [-0.1, -0.05) is 25.4 Å². The zero-order valence-electron chi connectivity index (χ0n) is 11.7. The van der Waals surface area contributed by atoms with Crippen molar-refractivity contribution in [2.24, 2.45) is 0 Å². The first-order chi connectivity index (χ1) is 9.63. The van der Waals surface area contributed by atoms with E-state index in [1.165, 1.54) is 15.8 Å². The van der Waals surface area contributed by atoms with Gasteiger partial charge in [0.05, 0.1) is 0 Å². The van der Waals surface area contributed by atoms with Crippen molar-refractivity contribution in [1.82, 2.24) is 5.32 Å². The van der Waals surface area contributed by atoms with Gasteiger partial charge in [0.1, 0.15) is 5.82 Å². The molecule has 0 amide bonds. The van der Waals surface area contributed by atoms with Crippen molar-refractivity contribution in [3.05, 3.63) is 56.5 Å². The van der Waals surface area contributed by atoms with Crippen LogP contribution in [0.15, 0.2) is 30.3 Å². The number of aryl methyl sites for hydroxylation is 1. The third-order valence-electron chi connectivity index (χ3n) is 3.26. The van der Waals surface area contributed by atoms with Crippen LogP contribution in [0.1, 0.15) is 35.2 Å². The Labute approximate surface area is 128 Å². The molecule has 0 saturated heterocycles. The summed E-state index contributed by atoms with van der Waals surface area (Å²) in [7, 11) is 0. The Morgan fingerprint density at radius 2 is 1.95 bits per heavy atom. The summed E-state index contributed by atoms with van der Waals surface area (Å²) >= 11 is 7.80. The lowest BCUT2D eigenvalue weighted by atomic mass is 10.0. The summed E-state index contributed by atoms with van der Waals surface area (Å²) < 4.78 is 14.0. The molecular weight excluding hydrogens is 293 g/mol. The van der Waals surface area contributed by atoms with E-state index in [4.69, 9.17) is 11.6 Å². The second-order valence-corrected chi connectivity index (χ2v) is 6.39. The summed E-state index contributed by atoms with van der Waals surface area (Å²) in [5.74, 6) is -0.201. The van der Waals surface area contributed by atoms with Gasteiger partial charge < -0.3 is 5.32 Å². The first-order valence-corrected chi connectivity index (χ1v) is 8.09. The van der Waals surface area contributed by atoms with Gasteiger partial charge in [0.15, 0.2) is 0 Å². The van der Waals surface area contributed by atoms with E-state index in [1.807, 2.05) is 6.92 Å². The van der Waals surface area contributed by atoms with Crippen molar-refractivity contribution in [3.63, 3.8) is 0 Å². The summed E-state index contributed by atoms with van der Waals surface area (Å²) in [6.45, 7) is 4.97. The maximum Gasteiger partial charge on any atom is 0.128 e. The largest absolute Gasteiger partial charge is 0.310 e. The fraction of sp³-hybridized carbons (Fsp3) is 0.375. The van der Waals surface area contributed by atoms with Crippen LogP contribution < -0.4 is 5.32 Å². The molecule has 0 fully saturated rings. The summed E-state index contributed by atoms with van der Waals surface area (Å²) in [6, 6.07) is 8.99. The normalized spacial score (nSPS) is 12.6. The molecule has 0 aliphatic carbocycles. The maximum absolute atomic E-state index is 14.0. The molecule has 1 N–H and O–H groups in total. The highest BCUT2D eigenvalue weighted by Crippen LogP contribution is 2.27. The number of likely N-dealkylation sites (N-methyl/N-ethyl adjacent to an activating group) is 1. The monoisotopic (exact) mass is 311 g/mol. The van der Waals surface area contributed by atoms with Gasteiger partial charge in [0, 0.05) is 32.8 Å². The predicted octanol–water partition coefficient (Wildman–Crippen LogP) is 5.00. The number of hydrogen-bond acceptors (Lipinski definition) is 2. The lowest BCUT2D eigenvalue weighted by molar-refractivity contribution is 0.512. The quantitative estimate of drug-likeness (QED) is 0.792. The highest BCUT2D eigenvalue weighted by molar-refractivity contribution is 7.11. The fourth-order valence-electron chi connectivity index (χ4n) is 2.24. The van der Waals surface area contributed by atoms with Crippen molar-refractivity contribution < 1.29 is 4.39 Å². The van der Waals surface area contributed by atoms with Gasteiger partial charge in [0.25, 0.3) is 0 Å². The molecule has 1 unspecified atom stereocenters. The van der Waals surface area contributed by atoms with Gasteiger partial charge in [-0.05, 0) is 43.3 Å². The lowest BCUT2D eigenvalue weighted by Crippen LogP contribution is -2.23. The first-order valence-electron chi connectivity index (χ1n) is 6.90. The van der Waals surface area contributed by atoms with E-state index in [9.17, 15) is 4.39 Å². The average Bonchev–Trinajstić information content (AvgIpc) is 2.89. The van der Waals surface area contributed by atoms with Crippen LogP contribution in [0, 0.1) is 5.82 Å². The molecule has 2 rings (SSSR count). The van der Waals surface area contributed by atoms with Crippen molar-refractivity contribution in [1.29, 1.82) is 0 Å². The van der Waals surface area contributed by atoms with Crippen molar-refractivity contribution in [3.8, 4) is 0 Å². The summed E-state index contributed by atoms with van der Waals surface area (Å²) in [5, 5.41) is 3.92. The van der Waals surface area contributed by atoms with Crippen LogP contribution in [-0.4, -0.2) is 6.54 Å². The highest BCUT2D eigenvalue weighted by Gasteiger charge is 2.17. The van der Waals surface area contributed by atoms with Gasteiger partial charge in [-0.25, -0.2) is 4.39 Å². The number of benzene rings is 1. The molecule has 1 aromatic carbocycles. The molecule has 2 aromatic rings. The van der Waals surface area contributed by atoms with E-state index in [-0.39, 0.29) is 11.9 Å². The summed E-state index contributed by atoms with van der Waals surface area (Å²) in [4.78, 5) is 2.63. The lowest BCUT2D eigenvalue weighted by Gasteiger charge is -2.18. The molecule has 1 atom stereocenters. The van der Waals surface area contributed by atoms with Gasteiger partial charge in [-0.15, -0.1) is 11.3 Å². The molecule has 1 aromatic heterocycles. The number of rotatable bonds is 6. The molecule has 0 aliphatic heterocycles. The molecule has 20 heavy (non-hydrogen) atoms. The third-order valence-corrected chi connectivity index (χ3v) is 4.74. The van der Waals surface area contributed by atoms with E-state index in [2.05, 4.69) is 24.4 Å². The van der Waals surface area contributed by atoms with Gasteiger partial charge in [0.2, 0.25) is 0 Å².